The molecule has 2 heterocycles. The van der Waals surface area contributed by atoms with Crippen LogP contribution in [0.25, 0.3) is 16.6 Å². The second-order valence-electron chi connectivity index (χ2n) is 7.65. The highest BCUT2D eigenvalue weighted by Crippen LogP contribution is 2.40. The van der Waals surface area contributed by atoms with Gasteiger partial charge in [0.15, 0.2) is 0 Å². The van der Waals surface area contributed by atoms with Crippen LogP contribution in [0.3, 0.4) is 0 Å². The summed E-state index contributed by atoms with van der Waals surface area (Å²) >= 11 is 0. The number of hydrogen-bond acceptors (Lipinski definition) is 3. The Labute approximate surface area is 169 Å². The number of pyridine rings is 1. The normalized spacial score (nSPS) is 13.6. The van der Waals surface area contributed by atoms with Crippen LogP contribution >= 0.6 is 0 Å². The number of carbonyl (C=O) groups is 1. The summed E-state index contributed by atoms with van der Waals surface area (Å²) in [6.07, 6.45) is 8.83. The third-order valence-corrected chi connectivity index (χ3v) is 5.66. The Morgan fingerprint density at radius 2 is 2.03 bits per heavy atom. The van der Waals surface area contributed by atoms with Crippen molar-refractivity contribution in [2.75, 3.05) is 7.11 Å². The molecule has 2 aromatic carbocycles. The molecule has 1 fully saturated rings. The fraction of sp³-hybridized carbons (Fsp3) is 0.200. The number of fused-ring (bicyclic) bond motifs is 1. The van der Waals surface area contributed by atoms with Gasteiger partial charge in [0.05, 0.1) is 30.1 Å². The molecule has 2 aromatic heterocycles. The Morgan fingerprint density at radius 3 is 2.79 bits per heavy atom. The van der Waals surface area contributed by atoms with E-state index in [-0.39, 0.29) is 5.97 Å². The van der Waals surface area contributed by atoms with Crippen LogP contribution in [-0.4, -0.2) is 22.6 Å². The number of ether oxygens (including phenoxy) is 1. The Hall–Kier alpha value is -3.40. The van der Waals surface area contributed by atoms with Crippen molar-refractivity contribution in [2.24, 2.45) is 0 Å². The smallest absolute Gasteiger partial charge is 0.338 e. The van der Waals surface area contributed by atoms with Crippen molar-refractivity contribution in [3.63, 3.8) is 0 Å². The first kappa shape index (κ1) is 17.7. The zero-order valence-corrected chi connectivity index (χ0v) is 16.3. The molecule has 5 rings (SSSR count). The van der Waals surface area contributed by atoms with E-state index < -0.39 is 0 Å². The van der Waals surface area contributed by atoms with Gasteiger partial charge in [0.1, 0.15) is 0 Å². The van der Waals surface area contributed by atoms with Crippen molar-refractivity contribution in [1.82, 2.24) is 9.55 Å². The topological polar surface area (TPSA) is 44.1 Å². The number of carbonyl (C=O) groups excluding carboxylic acids is 1. The standard InChI is InChI=1S/C25H22N2O2/c1-29-25(28)23-15-19(18-5-6-18)7-8-20(23)13-17-4-9-24-21(14-17)10-12-27(24)22-3-2-11-26-16-22/h2-4,7-12,14-16,18H,5-6,13H2,1H3. The minimum absolute atomic E-state index is 0.258. The molecule has 0 N–H and O–H groups in total. The van der Waals surface area contributed by atoms with E-state index in [0.29, 0.717) is 17.9 Å². The highest BCUT2D eigenvalue weighted by atomic mass is 16.5. The van der Waals surface area contributed by atoms with Gasteiger partial charge in [0, 0.05) is 17.8 Å². The van der Waals surface area contributed by atoms with Crippen LogP contribution in [0.15, 0.2) is 73.2 Å². The van der Waals surface area contributed by atoms with Crippen LogP contribution < -0.4 is 0 Å². The minimum Gasteiger partial charge on any atom is -0.465 e. The second-order valence-corrected chi connectivity index (χ2v) is 7.65. The number of nitrogens with zero attached hydrogens (tertiary/aromatic N) is 2. The lowest BCUT2D eigenvalue weighted by atomic mass is 9.96. The Kier molecular flexibility index (Phi) is 4.39. The molecule has 4 aromatic rings. The second kappa shape index (κ2) is 7.21. The number of methoxy groups -OCH3 is 1. The molecule has 1 aliphatic rings. The average molecular weight is 382 g/mol. The van der Waals surface area contributed by atoms with E-state index in [2.05, 4.69) is 52.1 Å². The van der Waals surface area contributed by atoms with Crippen LogP contribution in [0.4, 0.5) is 0 Å². The molecule has 1 aliphatic carbocycles. The van der Waals surface area contributed by atoms with Crippen LogP contribution in [0.2, 0.25) is 0 Å². The van der Waals surface area contributed by atoms with E-state index >= 15 is 0 Å². The lowest BCUT2D eigenvalue weighted by Crippen LogP contribution is -2.07. The van der Waals surface area contributed by atoms with Crippen molar-refractivity contribution in [3.05, 3.63) is 95.4 Å². The summed E-state index contributed by atoms with van der Waals surface area (Å²) < 4.78 is 7.18. The maximum atomic E-state index is 12.4. The van der Waals surface area contributed by atoms with E-state index in [0.717, 1.165) is 16.8 Å². The van der Waals surface area contributed by atoms with Gasteiger partial charge in [-0.3, -0.25) is 4.98 Å². The summed E-state index contributed by atoms with van der Waals surface area (Å²) in [5.41, 5.74) is 6.29. The van der Waals surface area contributed by atoms with Gasteiger partial charge in [0.2, 0.25) is 0 Å². The molecule has 0 bridgehead atoms. The van der Waals surface area contributed by atoms with E-state index in [1.54, 1.807) is 6.20 Å². The SMILES string of the molecule is COC(=O)c1cc(C2CC2)ccc1Cc1ccc2c(ccn2-c2cccnc2)c1. The van der Waals surface area contributed by atoms with Gasteiger partial charge < -0.3 is 9.30 Å². The van der Waals surface area contributed by atoms with Crippen molar-refractivity contribution in [2.45, 2.75) is 25.2 Å². The molecule has 29 heavy (non-hydrogen) atoms. The zero-order valence-electron chi connectivity index (χ0n) is 16.3. The quantitative estimate of drug-likeness (QED) is 0.441. The Bertz CT molecular complexity index is 1190. The molecule has 0 amide bonds. The Morgan fingerprint density at radius 1 is 1.14 bits per heavy atom. The molecule has 4 nitrogen and oxygen atoms in total. The molecule has 0 aliphatic heterocycles. The predicted octanol–water partition coefficient (Wildman–Crippen LogP) is 5.28. The summed E-state index contributed by atoms with van der Waals surface area (Å²) in [6, 6.07) is 18.8. The first-order chi connectivity index (χ1) is 14.2. The number of benzene rings is 2. The summed E-state index contributed by atoms with van der Waals surface area (Å²) in [5, 5.41) is 1.17. The van der Waals surface area contributed by atoms with Crippen LogP contribution in [0.1, 0.15) is 45.8 Å². The molecule has 0 radical (unpaired) electrons. The molecule has 4 heteroatoms. The van der Waals surface area contributed by atoms with Gasteiger partial charge in [-0.05, 0) is 78.3 Å². The van der Waals surface area contributed by atoms with Gasteiger partial charge in [0.25, 0.3) is 0 Å². The molecule has 0 unspecified atom stereocenters. The van der Waals surface area contributed by atoms with E-state index in [1.165, 1.54) is 36.5 Å². The van der Waals surface area contributed by atoms with Crippen molar-refractivity contribution in [1.29, 1.82) is 0 Å². The van der Waals surface area contributed by atoms with Crippen molar-refractivity contribution < 1.29 is 9.53 Å². The van der Waals surface area contributed by atoms with Crippen molar-refractivity contribution >= 4 is 16.9 Å². The van der Waals surface area contributed by atoms with Gasteiger partial charge in [-0.15, -0.1) is 0 Å². The van der Waals surface area contributed by atoms with E-state index in [4.69, 9.17) is 4.74 Å². The third kappa shape index (κ3) is 3.42. The highest BCUT2D eigenvalue weighted by molar-refractivity contribution is 5.91. The summed E-state index contributed by atoms with van der Waals surface area (Å²) in [7, 11) is 1.45. The molecule has 0 saturated heterocycles. The summed E-state index contributed by atoms with van der Waals surface area (Å²) in [5.74, 6) is 0.349. The summed E-state index contributed by atoms with van der Waals surface area (Å²) in [6.45, 7) is 0. The molecule has 0 atom stereocenters. The first-order valence-corrected chi connectivity index (χ1v) is 9.94. The molecule has 144 valence electrons. The van der Waals surface area contributed by atoms with Gasteiger partial charge in [-0.1, -0.05) is 18.2 Å². The van der Waals surface area contributed by atoms with Gasteiger partial charge in [-0.2, -0.15) is 0 Å². The molecule has 1 saturated carbocycles. The van der Waals surface area contributed by atoms with Crippen LogP contribution in [0.5, 0.6) is 0 Å². The zero-order chi connectivity index (χ0) is 19.8. The maximum absolute atomic E-state index is 12.4. The van der Waals surface area contributed by atoms with Crippen LogP contribution in [-0.2, 0) is 11.2 Å². The third-order valence-electron chi connectivity index (χ3n) is 5.66. The number of esters is 1. The van der Waals surface area contributed by atoms with Crippen molar-refractivity contribution in [3.8, 4) is 5.69 Å². The van der Waals surface area contributed by atoms with Gasteiger partial charge >= 0.3 is 5.97 Å². The molecular weight excluding hydrogens is 360 g/mol. The lowest BCUT2D eigenvalue weighted by molar-refractivity contribution is 0.0599. The fourth-order valence-corrected chi connectivity index (χ4v) is 3.96. The number of hydrogen-bond donors (Lipinski definition) is 0. The minimum atomic E-state index is -0.258. The molecular formula is C25H22N2O2. The van der Waals surface area contributed by atoms with E-state index in [9.17, 15) is 4.79 Å². The first-order valence-electron chi connectivity index (χ1n) is 9.94. The lowest BCUT2D eigenvalue weighted by Gasteiger charge is -2.11. The van der Waals surface area contributed by atoms with Gasteiger partial charge in [-0.25, -0.2) is 4.79 Å². The largest absolute Gasteiger partial charge is 0.465 e. The monoisotopic (exact) mass is 382 g/mol. The summed E-state index contributed by atoms with van der Waals surface area (Å²) in [4.78, 5) is 16.6. The number of aromatic nitrogens is 2. The molecule has 0 spiro atoms. The Balaban J connectivity index is 1.48. The van der Waals surface area contributed by atoms with Crippen LogP contribution in [0, 0.1) is 0 Å². The van der Waals surface area contributed by atoms with E-state index in [1.807, 2.05) is 24.4 Å². The number of rotatable bonds is 5. The average Bonchev–Trinajstić information content (AvgIpc) is 3.53. The predicted molar refractivity (Wildman–Crippen MR) is 114 cm³/mol. The highest BCUT2D eigenvalue weighted by Gasteiger charge is 2.25. The maximum Gasteiger partial charge on any atom is 0.338 e. The fourth-order valence-electron chi connectivity index (χ4n) is 3.96.